The number of aliphatic hydroxyl groups is 1. The minimum absolute atomic E-state index is 0.284. The standard InChI is InChI=1S/C15H32N2O/c1-3-4-5-6-8-14(2)17(11-12-18)13-15-9-7-10-16-15/h14-16,18H,3-13H2,1-2H3. The van der Waals surface area contributed by atoms with Crippen molar-refractivity contribution in [2.24, 2.45) is 0 Å². The van der Waals surface area contributed by atoms with Crippen molar-refractivity contribution in [1.82, 2.24) is 10.2 Å². The molecule has 1 fully saturated rings. The summed E-state index contributed by atoms with van der Waals surface area (Å²) in [5, 5.41) is 12.8. The van der Waals surface area contributed by atoms with E-state index < -0.39 is 0 Å². The second-order valence-electron chi connectivity index (χ2n) is 5.71. The van der Waals surface area contributed by atoms with Gasteiger partial charge in [-0.05, 0) is 32.7 Å². The maximum Gasteiger partial charge on any atom is 0.0558 e. The minimum Gasteiger partial charge on any atom is -0.395 e. The number of aliphatic hydroxyl groups excluding tert-OH is 1. The first kappa shape index (κ1) is 15.9. The van der Waals surface area contributed by atoms with E-state index in [2.05, 4.69) is 24.1 Å². The van der Waals surface area contributed by atoms with Crippen LogP contribution in [0.3, 0.4) is 0 Å². The van der Waals surface area contributed by atoms with E-state index in [0.29, 0.717) is 12.1 Å². The van der Waals surface area contributed by atoms with Gasteiger partial charge in [0.1, 0.15) is 0 Å². The lowest BCUT2D eigenvalue weighted by Gasteiger charge is -2.31. The van der Waals surface area contributed by atoms with Crippen LogP contribution in [0.25, 0.3) is 0 Å². The molecule has 1 rings (SSSR count). The van der Waals surface area contributed by atoms with Crippen molar-refractivity contribution in [2.75, 3.05) is 26.2 Å². The zero-order valence-corrected chi connectivity index (χ0v) is 12.3. The molecule has 0 radical (unpaired) electrons. The summed E-state index contributed by atoms with van der Waals surface area (Å²) in [7, 11) is 0. The van der Waals surface area contributed by atoms with Gasteiger partial charge in [0.25, 0.3) is 0 Å². The third-order valence-electron chi connectivity index (χ3n) is 4.10. The van der Waals surface area contributed by atoms with Gasteiger partial charge >= 0.3 is 0 Å². The van der Waals surface area contributed by atoms with Gasteiger partial charge in [-0.15, -0.1) is 0 Å². The van der Waals surface area contributed by atoms with Crippen LogP contribution < -0.4 is 5.32 Å². The van der Waals surface area contributed by atoms with Gasteiger partial charge in [-0.3, -0.25) is 4.90 Å². The normalized spacial score (nSPS) is 21.7. The molecule has 1 aliphatic rings. The predicted molar refractivity (Wildman–Crippen MR) is 77.9 cm³/mol. The summed E-state index contributed by atoms with van der Waals surface area (Å²) in [6.07, 6.45) is 9.22. The molecule has 1 saturated heterocycles. The molecular weight excluding hydrogens is 224 g/mol. The van der Waals surface area contributed by atoms with Crippen molar-refractivity contribution in [3.63, 3.8) is 0 Å². The minimum atomic E-state index is 0.284. The molecular formula is C15H32N2O. The molecule has 0 aromatic rings. The maximum absolute atomic E-state index is 9.21. The van der Waals surface area contributed by atoms with Crippen molar-refractivity contribution < 1.29 is 5.11 Å². The van der Waals surface area contributed by atoms with Crippen molar-refractivity contribution in [3.05, 3.63) is 0 Å². The van der Waals surface area contributed by atoms with Gasteiger partial charge in [0, 0.05) is 25.2 Å². The molecule has 0 amide bonds. The molecule has 0 spiro atoms. The smallest absolute Gasteiger partial charge is 0.0558 e. The van der Waals surface area contributed by atoms with Crippen LogP contribution in [0.1, 0.15) is 58.8 Å². The molecule has 18 heavy (non-hydrogen) atoms. The summed E-state index contributed by atoms with van der Waals surface area (Å²) < 4.78 is 0. The molecule has 0 bridgehead atoms. The van der Waals surface area contributed by atoms with Gasteiger partial charge in [-0.1, -0.05) is 32.6 Å². The first-order valence-corrected chi connectivity index (χ1v) is 7.86. The Morgan fingerprint density at radius 1 is 1.33 bits per heavy atom. The molecule has 0 aromatic carbocycles. The highest BCUT2D eigenvalue weighted by molar-refractivity contribution is 4.80. The SMILES string of the molecule is CCCCCCC(C)N(CCO)CC1CCCN1. The Bertz CT molecular complexity index is 193. The fourth-order valence-corrected chi connectivity index (χ4v) is 2.86. The lowest BCUT2D eigenvalue weighted by atomic mass is 10.1. The van der Waals surface area contributed by atoms with Crippen molar-refractivity contribution in [2.45, 2.75) is 70.9 Å². The third-order valence-corrected chi connectivity index (χ3v) is 4.10. The van der Waals surface area contributed by atoms with Gasteiger partial charge in [-0.2, -0.15) is 0 Å². The van der Waals surface area contributed by atoms with Crippen LogP contribution in [-0.4, -0.2) is 48.3 Å². The van der Waals surface area contributed by atoms with Crippen LogP contribution in [-0.2, 0) is 0 Å². The quantitative estimate of drug-likeness (QED) is 0.589. The Morgan fingerprint density at radius 3 is 2.78 bits per heavy atom. The summed E-state index contributed by atoms with van der Waals surface area (Å²) in [5.74, 6) is 0. The first-order chi connectivity index (χ1) is 8.77. The van der Waals surface area contributed by atoms with Gasteiger partial charge < -0.3 is 10.4 Å². The Kier molecular flexibility index (Phi) is 8.64. The summed E-state index contributed by atoms with van der Waals surface area (Å²) >= 11 is 0. The zero-order chi connectivity index (χ0) is 13.2. The molecule has 3 nitrogen and oxygen atoms in total. The Balaban J connectivity index is 2.24. The fourth-order valence-electron chi connectivity index (χ4n) is 2.86. The van der Waals surface area contributed by atoms with Crippen LogP contribution >= 0.6 is 0 Å². The summed E-state index contributed by atoms with van der Waals surface area (Å²) in [6.45, 7) is 7.96. The van der Waals surface area contributed by atoms with Gasteiger partial charge in [0.15, 0.2) is 0 Å². The molecule has 2 unspecified atom stereocenters. The first-order valence-electron chi connectivity index (χ1n) is 7.86. The average molecular weight is 256 g/mol. The van der Waals surface area contributed by atoms with Crippen molar-refractivity contribution >= 4 is 0 Å². The third kappa shape index (κ3) is 6.17. The number of unbranched alkanes of at least 4 members (excludes halogenated alkanes) is 3. The predicted octanol–water partition coefficient (Wildman–Crippen LogP) is 2.39. The van der Waals surface area contributed by atoms with E-state index in [1.54, 1.807) is 0 Å². The summed E-state index contributed by atoms with van der Waals surface area (Å²) in [6, 6.07) is 1.26. The maximum atomic E-state index is 9.21. The van der Waals surface area contributed by atoms with Gasteiger partial charge in [0.05, 0.1) is 6.61 Å². The van der Waals surface area contributed by atoms with E-state index in [1.165, 1.54) is 51.5 Å². The number of hydrogen-bond acceptors (Lipinski definition) is 3. The molecule has 0 aromatic heterocycles. The van der Waals surface area contributed by atoms with Crippen LogP contribution in [0.5, 0.6) is 0 Å². The largest absolute Gasteiger partial charge is 0.395 e. The van der Waals surface area contributed by atoms with Crippen LogP contribution in [0.2, 0.25) is 0 Å². The van der Waals surface area contributed by atoms with Crippen LogP contribution in [0, 0.1) is 0 Å². The summed E-state index contributed by atoms with van der Waals surface area (Å²) in [5.41, 5.74) is 0. The molecule has 1 heterocycles. The Hall–Kier alpha value is -0.120. The lowest BCUT2D eigenvalue weighted by molar-refractivity contribution is 0.140. The number of rotatable bonds is 10. The van der Waals surface area contributed by atoms with E-state index in [1.807, 2.05) is 0 Å². The highest BCUT2D eigenvalue weighted by Gasteiger charge is 2.20. The van der Waals surface area contributed by atoms with E-state index >= 15 is 0 Å². The molecule has 2 atom stereocenters. The molecule has 0 saturated carbocycles. The highest BCUT2D eigenvalue weighted by Crippen LogP contribution is 2.14. The number of nitrogens with one attached hydrogen (secondary N) is 1. The number of nitrogens with zero attached hydrogens (tertiary/aromatic N) is 1. The van der Waals surface area contributed by atoms with E-state index in [4.69, 9.17) is 0 Å². The van der Waals surface area contributed by atoms with Gasteiger partial charge in [0.2, 0.25) is 0 Å². The average Bonchev–Trinajstić information content (AvgIpc) is 2.87. The van der Waals surface area contributed by atoms with Gasteiger partial charge in [-0.25, -0.2) is 0 Å². The van der Waals surface area contributed by atoms with Crippen molar-refractivity contribution in [1.29, 1.82) is 0 Å². The van der Waals surface area contributed by atoms with E-state index in [0.717, 1.165) is 13.1 Å². The van der Waals surface area contributed by atoms with Crippen molar-refractivity contribution in [3.8, 4) is 0 Å². The molecule has 0 aliphatic carbocycles. The Labute approximate surface area is 113 Å². The second kappa shape index (κ2) is 9.76. The fraction of sp³-hybridized carbons (Fsp3) is 1.00. The molecule has 2 N–H and O–H groups in total. The Morgan fingerprint density at radius 2 is 2.17 bits per heavy atom. The van der Waals surface area contributed by atoms with Crippen LogP contribution in [0.15, 0.2) is 0 Å². The topological polar surface area (TPSA) is 35.5 Å². The molecule has 108 valence electrons. The summed E-state index contributed by atoms with van der Waals surface area (Å²) in [4.78, 5) is 2.47. The van der Waals surface area contributed by atoms with Crippen LogP contribution in [0.4, 0.5) is 0 Å². The zero-order valence-electron chi connectivity index (χ0n) is 12.3. The number of hydrogen-bond donors (Lipinski definition) is 2. The molecule has 1 aliphatic heterocycles. The monoisotopic (exact) mass is 256 g/mol. The van der Waals surface area contributed by atoms with E-state index in [9.17, 15) is 5.11 Å². The highest BCUT2D eigenvalue weighted by atomic mass is 16.3. The van der Waals surface area contributed by atoms with E-state index in [-0.39, 0.29) is 6.61 Å². The second-order valence-corrected chi connectivity index (χ2v) is 5.71. The molecule has 3 heteroatoms. The lowest BCUT2D eigenvalue weighted by Crippen LogP contribution is -2.43.